The van der Waals surface area contributed by atoms with Gasteiger partial charge in [0.25, 0.3) is 0 Å². The molecule has 114 valence electrons. The zero-order chi connectivity index (χ0) is 14.6. The molecule has 1 heterocycles. The van der Waals surface area contributed by atoms with Gasteiger partial charge < -0.3 is 5.32 Å². The minimum Gasteiger partial charge on any atom is -0.314 e. The van der Waals surface area contributed by atoms with Crippen molar-refractivity contribution in [2.75, 3.05) is 12.3 Å². The Bertz CT molecular complexity index is 523. The third-order valence-corrected chi connectivity index (χ3v) is 5.90. The van der Waals surface area contributed by atoms with Gasteiger partial charge in [-0.2, -0.15) is 0 Å². The van der Waals surface area contributed by atoms with E-state index in [2.05, 4.69) is 15.0 Å². The highest BCUT2D eigenvalue weighted by molar-refractivity contribution is 7.89. The van der Waals surface area contributed by atoms with Crippen LogP contribution in [0.3, 0.4) is 0 Å². The second-order valence-electron chi connectivity index (χ2n) is 5.42. The molecular weight excluding hydrogens is 294 g/mol. The fourth-order valence-electron chi connectivity index (χ4n) is 1.96. The van der Waals surface area contributed by atoms with E-state index in [1.54, 1.807) is 0 Å². The highest BCUT2D eigenvalue weighted by Gasteiger charge is 2.20. The van der Waals surface area contributed by atoms with Crippen LogP contribution in [0.15, 0.2) is 5.38 Å². The van der Waals surface area contributed by atoms with Gasteiger partial charge in [-0.05, 0) is 46.1 Å². The van der Waals surface area contributed by atoms with Gasteiger partial charge in [0.1, 0.15) is 5.01 Å². The molecule has 1 saturated carbocycles. The highest BCUT2D eigenvalue weighted by atomic mass is 32.2. The maximum absolute atomic E-state index is 12.0. The first kappa shape index (κ1) is 15.9. The van der Waals surface area contributed by atoms with E-state index in [0.717, 1.165) is 23.7 Å². The van der Waals surface area contributed by atoms with Crippen molar-refractivity contribution in [3.8, 4) is 0 Å². The first-order valence-electron chi connectivity index (χ1n) is 7.12. The minimum atomic E-state index is -3.22. The second kappa shape index (κ2) is 6.98. The summed E-state index contributed by atoms with van der Waals surface area (Å²) in [6.45, 7) is 4.67. The first-order valence-corrected chi connectivity index (χ1v) is 9.65. The van der Waals surface area contributed by atoms with Crippen molar-refractivity contribution in [2.24, 2.45) is 0 Å². The molecule has 5 nitrogen and oxygen atoms in total. The minimum absolute atomic E-state index is 0.189. The lowest BCUT2D eigenvalue weighted by atomic mass is 10.3. The molecule has 1 aromatic rings. The number of sulfonamides is 1. The highest BCUT2D eigenvalue weighted by Crippen LogP contribution is 2.19. The monoisotopic (exact) mass is 317 g/mol. The van der Waals surface area contributed by atoms with Crippen LogP contribution in [0.25, 0.3) is 0 Å². The normalized spacial score (nSPS) is 17.3. The standard InChI is InChI=1S/C13H23N3O2S2/c1-10-9-19-13(15-10)11(2)16-20(17,18)8-4-3-7-14-12-5-6-12/h9,11-12,14,16H,3-8H2,1-2H3. The molecule has 0 aromatic carbocycles. The zero-order valence-corrected chi connectivity index (χ0v) is 13.7. The van der Waals surface area contributed by atoms with Crippen molar-refractivity contribution in [3.05, 3.63) is 16.1 Å². The Kier molecular flexibility index (Phi) is 5.54. The van der Waals surface area contributed by atoms with Crippen molar-refractivity contribution in [1.29, 1.82) is 0 Å². The summed E-state index contributed by atoms with van der Waals surface area (Å²) in [5, 5.41) is 6.14. The van der Waals surface area contributed by atoms with E-state index in [0.29, 0.717) is 12.5 Å². The van der Waals surface area contributed by atoms with Crippen molar-refractivity contribution in [1.82, 2.24) is 15.0 Å². The Balaban J connectivity index is 1.69. The number of aromatic nitrogens is 1. The average molecular weight is 317 g/mol. The lowest BCUT2D eigenvalue weighted by molar-refractivity contribution is 0.559. The maximum Gasteiger partial charge on any atom is 0.212 e. The summed E-state index contributed by atoms with van der Waals surface area (Å²) >= 11 is 1.49. The van der Waals surface area contributed by atoms with Crippen LogP contribution >= 0.6 is 11.3 Å². The number of hydrogen-bond donors (Lipinski definition) is 2. The molecule has 20 heavy (non-hydrogen) atoms. The number of thiazole rings is 1. The lowest BCUT2D eigenvalue weighted by Gasteiger charge is -2.12. The number of hydrogen-bond acceptors (Lipinski definition) is 5. The van der Waals surface area contributed by atoms with Crippen molar-refractivity contribution in [3.63, 3.8) is 0 Å². The fraction of sp³-hybridized carbons (Fsp3) is 0.769. The molecule has 1 aliphatic rings. The number of rotatable bonds is 9. The number of nitrogens with zero attached hydrogens (tertiary/aromatic N) is 1. The molecule has 0 radical (unpaired) electrons. The van der Waals surface area contributed by atoms with Crippen LogP contribution in [-0.2, 0) is 10.0 Å². The SMILES string of the molecule is Cc1csc(C(C)NS(=O)(=O)CCCCNC2CC2)n1. The molecule has 1 unspecified atom stereocenters. The summed E-state index contributed by atoms with van der Waals surface area (Å²) in [5.41, 5.74) is 0.933. The van der Waals surface area contributed by atoms with E-state index in [1.807, 2.05) is 19.2 Å². The van der Waals surface area contributed by atoms with Crippen LogP contribution in [0.1, 0.15) is 49.4 Å². The average Bonchev–Trinajstić information content (AvgIpc) is 3.08. The maximum atomic E-state index is 12.0. The topological polar surface area (TPSA) is 71.1 Å². The first-order chi connectivity index (χ1) is 9.46. The molecule has 0 spiro atoms. The predicted molar refractivity (Wildman–Crippen MR) is 82.4 cm³/mol. The Morgan fingerprint density at radius 3 is 2.80 bits per heavy atom. The van der Waals surface area contributed by atoms with Crippen LogP contribution in [-0.4, -0.2) is 31.7 Å². The molecule has 7 heteroatoms. The third kappa shape index (κ3) is 5.47. The van der Waals surface area contributed by atoms with E-state index in [9.17, 15) is 8.42 Å². The summed E-state index contributed by atoms with van der Waals surface area (Å²) in [7, 11) is -3.22. The molecule has 1 aromatic heterocycles. The lowest BCUT2D eigenvalue weighted by Crippen LogP contribution is -2.29. The number of unbranched alkanes of at least 4 members (excludes halogenated alkanes) is 1. The van der Waals surface area contributed by atoms with E-state index in [-0.39, 0.29) is 11.8 Å². The van der Waals surface area contributed by atoms with Gasteiger partial charge in [0.2, 0.25) is 10.0 Å². The van der Waals surface area contributed by atoms with Gasteiger partial charge in [0.15, 0.2) is 0 Å². The fourth-order valence-corrected chi connectivity index (χ4v) is 4.19. The van der Waals surface area contributed by atoms with Gasteiger partial charge in [-0.15, -0.1) is 11.3 Å². The van der Waals surface area contributed by atoms with Crippen LogP contribution in [0, 0.1) is 6.92 Å². The van der Waals surface area contributed by atoms with Gasteiger partial charge >= 0.3 is 0 Å². The van der Waals surface area contributed by atoms with Gasteiger partial charge in [-0.1, -0.05) is 0 Å². The Morgan fingerprint density at radius 1 is 1.45 bits per heavy atom. The summed E-state index contributed by atoms with van der Waals surface area (Å²) in [5.74, 6) is 0.189. The molecule has 1 atom stereocenters. The van der Waals surface area contributed by atoms with E-state index in [4.69, 9.17) is 0 Å². The van der Waals surface area contributed by atoms with Crippen LogP contribution in [0.4, 0.5) is 0 Å². The number of aryl methyl sites for hydroxylation is 1. The van der Waals surface area contributed by atoms with Gasteiger partial charge in [0, 0.05) is 17.1 Å². The quantitative estimate of drug-likeness (QED) is 0.683. The van der Waals surface area contributed by atoms with Gasteiger partial charge in [-0.3, -0.25) is 0 Å². The molecule has 0 aliphatic heterocycles. The summed E-state index contributed by atoms with van der Waals surface area (Å²) in [6.07, 6.45) is 4.13. The molecule has 1 aliphatic carbocycles. The Labute approximate surface area is 125 Å². The largest absolute Gasteiger partial charge is 0.314 e. The summed E-state index contributed by atoms with van der Waals surface area (Å²) < 4.78 is 26.6. The van der Waals surface area contributed by atoms with Crippen molar-refractivity contribution < 1.29 is 8.42 Å². The van der Waals surface area contributed by atoms with Crippen LogP contribution in [0.5, 0.6) is 0 Å². The molecule has 0 saturated heterocycles. The van der Waals surface area contributed by atoms with E-state index in [1.165, 1.54) is 24.2 Å². The summed E-state index contributed by atoms with van der Waals surface area (Å²) in [6, 6.07) is 0.446. The van der Waals surface area contributed by atoms with Gasteiger partial charge in [0.05, 0.1) is 11.8 Å². The molecule has 2 N–H and O–H groups in total. The predicted octanol–water partition coefficient (Wildman–Crippen LogP) is 1.96. The molecular formula is C13H23N3O2S2. The molecule has 0 bridgehead atoms. The molecule has 0 amide bonds. The van der Waals surface area contributed by atoms with Crippen molar-refractivity contribution >= 4 is 21.4 Å². The van der Waals surface area contributed by atoms with Gasteiger partial charge in [-0.25, -0.2) is 18.1 Å². The van der Waals surface area contributed by atoms with Crippen molar-refractivity contribution in [2.45, 2.75) is 51.6 Å². The summed E-state index contributed by atoms with van der Waals surface area (Å²) in [4.78, 5) is 4.31. The van der Waals surface area contributed by atoms with Crippen LogP contribution in [0.2, 0.25) is 0 Å². The third-order valence-electron chi connectivity index (χ3n) is 3.21. The van der Waals surface area contributed by atoms with E-state index >= 15 is 0 Å². The molecule has 2 rings (SSSR count). The smallest absolute Gasteiger partial charge is 0.212 e. The van der Waals surface area contributed by atoms with Crippen LogP contribution < -0.4 is 10.0 Å². The Morgan fingerprint density at radius 2 is 2.20 bits per heavy atom. The van der Waals surface area contributed by atoms with E-state index < -0.39 is 10.0 Å². The zero-order valence-electron chi connectivity index (χ0n) is 12.1. The second-order valence-corrected chi connectivity index (χ2v) is 8.18. The number of nitrogens with one attached hydrogen (secondary N) is 2. The Hall–Kier alpha value is -0.500. The molecule has 1 fully saturated rings.